The summed E-state index contributed by atoms with van der Waals surface area (Å²) in [7, 11) is -0.791. The molecule has 0 radical (unpaired) electrons. The van der Waals surface area contributed by atoms with E-state index in [1.54, 1.807) is 33.2 Å². The third-order valence-corrected chi connectivity index (χ3v) is 9.24. The quantitative estimate of drug-likeness (QED) is 0.496. The Labute approximate surface area is 213 Å². The number of hydrogen-bond acceptors (Lipinski definition) is 5. The van der Waals surface area contributed by atoms with Crippen LogP contribution >= 0.6 is 22.9 Å². The number of allylic oxidation sites excluding steroid dienone is 1. The first kappa shape index (κ1) is 25.8. The van der Waals surface area contributed by atoms with Crippen LogP contribution in [0, 0.1) is 11.7 Å². The van der Waals surface area contributed by atoms with Crippen molar-refractivity contribution in [2.45, 2.75) is 32.2 Å². The van der Waals surface area contributed by atoms with Crippen molar-refractivity contribution < 1.29 is 22.4 Å². The highest BCUT2D eigenvalue weighted by atomic mass is 35.5. The summed E-state index contributed by atoms with van der Waals surface area (Å²) in [6.07, 6.45) is 2.08. The molecule has 0 spiro atoms. The van der Waals surface area contributed by atoms with Crippen molar-refractivity contribution in [3.63, 3.8) is 0 Å². The third-order valence-electron chi connectivity index (χ3n) is 6.17. The first-order chi connectivity index (χ1) is 16.5. The largest absolute Gasteiger partial charge is 0.345 e. The molecular formula is C24H27ClFN3O4S2. The van der Waals surface area contributed by atoms with Gasteiger partial charge >= 0.3 is 0 Å². The SMILES string of the molecule is C/C(=C/S(=O)(=O)N(CC1CC1)[C@H]1CCN(c2ccc(C(=O)N(C)C)cc2F)C1=O)c1ccc(Cl)s1. The molecule has 1 atom stereocenters. The van der Waals surface area contributed by atoms with Crippen LogP contribution < -0.4 is 4.90 Å². The molecule has 1 aliphatic heterocycles. The highest BCUT2D eigenvalue weighted by Crippen LogP contribution is 2.36. The monoisotopic (exact) mass is 539 g/mol. The highest BCUT2D eigenvalue weighted by Gasteiger charge is 2.44. The molecular weight excluding hydrogens is 513 g/mol. The summed E-state index contributed by atoms with van der Waals surface area (Å²) in [5.41, 5.74) is 0.750. The van der Waals surface area contributed by atoms with Crippen LogP contribution in [0.15, 0.2) is 35.7 Å². The van der Waals surface area contributed by atoms with Crippen molar-refractivity contribution in [2.24, 2.45) is 5.92 Å². The smallest absolute Gasteiger partial charge is 0.253 e. The molecule has 1 aromatic heterocycles. The predicted molar refractivity (Wildman–Crippen MR) is 137 cm³/mol. The van der Waals surface area contributed by atoms with Crippen LogP contribution in [0.5, 0.6) is 0 Å². The lowest BCUT2D eigenvalue weighted by molar-refractivity contribution is -0.120. The van der Waals surface area contributed by atoms with Crippen molar-refractivity contribution in [1.29, 1.82) is 0 Å². The molecule has 1 aromatic carbocycles. The lowest BCUT2D eigenvalue weighted by atomic mass is 10.1. The molecule has 188 valence electrons. The van der Waals surface area contributed by atoms with Gasteiger partial charge in [-0.05, 0) is 68.0 Å². The number of hydrogen-bond donors (Lipinski definition) is 0. The molecule has 1 saturated carbocycles. The Bertz CT molecular complexity index is 1290. The number of carbonyl (C=O) groups excluding carboxylic acids is 2. The number of amides is 2. The average Bonchev–Trinajstić information content (AvgIpc) is 3.39. The molecule has 7 nitrogen and oxygen atoms in total. The highest BCUT2D eigenvalue weighted by molar-refractivity contribution is 7.92. The third kappa shape index (κ3) is 5.61. The summed E-state index contributed by atoms with van der Waals surface area (Å²) in [5, 5.41) is 1.19. The van der Waals surface area contributed by atoms with Crippen LogP contribution in [0.2, 0.25) is 4.34 Å². The minimum Gasteiger partial charge on any atom is -0.345 e. The number of thiophene rings is 1. The van der Waals surface area contributed by atoms with Gasteiger partial charge in [0.1, 0.15) is 11.9 Å². The van der Waals surface area contributed by atoms with Crippen molar-refractivity contribution in [1.82, 2.24) is 9.21 Å². The number of sulfonamides is 1. The van der Waals surface area contributed by atoms with Crippen LogP contribution in [0.1, 0.15) is 41.4 Å². The van der Waals surface area contributed by atoms with E-state index in [0.29, 0.717) is 9.91 Å². The van der Waals surface area contributed by atoms with Crippen LogP contribution in [-0.4, -0.2) is 62.7 Å². The average molecular weight is 540 g/mol. The minimum atomic E-state index is -3.93. The maximum atomic E-state index is 14.9. The zero-order valence-corrected chi connectivity index (χ0v) is 22.1. The van der Waals surface area contributed by atoms with Gasteiger partial charge in [-0.2, -0.15) is 4.31 Å². The maximum absolute atomic E-state index is 14.9. The van der Waals surface area contributed by atoms with Crippen molar-refractivity contribution in [2.75, 3.05) is 32.1 Å². The Morgan fingerprint density at radius 1 is 1.23 bits per heavy atom. The molecule has 11 heteroatoms. The van der Waals surface area contributed by atoms with Crippen LogP contribution in [0.4, 0.5) is 10.1 Å². The molecule has 2 amide bonds. The molecule has 2 fully saturated rings. The lowest BCUT2D eigenvalue weighted by Gasteiger charge is -2.26. The molecule has 0 bridgehead atoms. The summed E-state index contributed by atoms with van der Waals surface area (Å²) in [4.78, 5) is 28.9. The number of benzene rings is 1. The number of halogens is 2. The van der Waals surface area contributed by atoms with Crippen molar-refractivity contribution in [3.8, 4) is 0 Å². The Morgan fingerprint density at radius 3 is 2.51 bits per heavy atom. The summed E-state index contributed by atoms with van der Waals surface area (Å²) >= 11 is 7.28. The van der Waals surface area contributed by atoms with Gasteiger partial charge in [-0.15, -0.1) is 11.3 Å². The molecule has 2 aliphatic rings. The van der Waals surface area contributed by atoms with Crippen molar-refractivity contribution >= 4 is 56.0 Å². The Morgan fingerprint density at radius 2 is 1.94 bits per heavy atom. The molecule has 0 unspecified atom stereocenters. The van der Waals surface area contributed by atoms with Gasteiger partial charge < -0.3 is 9.80 Å². The summed E-state index contributed by atoms with van der Waals surface area (Å²) in [6.45, 7) is 2.13. The van der Waals surface area contributed by atoms with E-state index in [0.717, 1.165) is 23.8 Å². The number of rotatable bonds is 8. The topological polar surface area (TPSA) is 78.0 Å². The van der Waals surface area contributed by atoms with E-state index in [1.165, 1.54) is 43.0 Å². The van der Waals surface area contributed by atoms with Crippen LogP contribution in [-0.2, 0) is 14.8 Å². The Kier molecular flexibility index (Phi) is 7.38. The number of nitrogens with zero attached hydrogens (tertiary/aromatic N) is 3. The summed E-state index contributed by atoms with van der Waals surface area (Å²) in [5.74, 6) is -1.31. The fourth-order valence-electron chi connectivity index (χ4n) is 4.13. The van der Waals surface area contributed by atoms with Crippen LogP contribution in [0.25, 0.3) is 5.57 Å². The lowest BCUT2D eigenvalue weighted by Crippen LogP contribution is -2.45. The number of carbonyl (C=O) groups is 2. The number of anilines is 1. The van der Waals surface area contributed by atoms with Crippen molar-refractivity contribution in [3.05, 3.63) is 56.3 Å². The van der Waals surface area contributed by atoms with Gasteiger partial charge in [-0.3, -0.25) is 9.59 Å². The molecule has 2 heterocycles. The van der Waals surface area contributed by atoms with Gasteiger partial charge in [0.2, 0.25) is 15.9 Å². The van der Waals surface area contributed by atoms with Gasteiger partial charge in [0.05, 0.1) is 15.4 Å². The van der Waals surface area contributed by atoms with E-state index in [1.807, 2.05) is 0 Å². The summed E-state index contributed by atoms with van der Waals surface area (Å²) in [6, 6.07) is 6.52. The van der Waals surface area contributed by atoms with E-state index >= 15 is 0 Å². The molecule has 4 rings (SSSR count). The zero-order valence-electron chi connectivity index (χ0n) is 19.7. The Hall–Kier alpha value is -2.27. The standard InChI is InChI=1S/C24H27ClFN3O4S2/c1-15(21-8-9-22(25)34-21)14-35(32,33)29(13-16-4-5-16)20-10-11-28(24(20)31)19-7-6-17(12-18(19)26)23(30)27(2)3/h6-9,12,14,16,20H,4-5,10-11,13H2,1-3H3/b15-14-/t20-/m0/s1. The zero-order chi connectivity index (χ0) is 25.5. The predicted octanol–water partition coefficient (Wildman–Crippen LogP) is 4.45. The van der Waals surface area contributed by atoms with Gasteiger partial charge in [0.15, 0.2) is 0 Å². The van der Waals surface area contributed by atoms with E-state index < -0.39 is 27.8 Å². The van der Waals surface area contributed by atoms with Gasteiger partial charge in [-0.25, -0.2) is 12.8 Å². The summed E-state index contributed by atoms with van der Waals surface area (Å²) < 4.78 is 43.6. The first-order valence-corrected chi connectivity index (χ1v) is 14.0. The second-order valence-corrected chi connectivity index (χ2v) is 12.6. The molecule has 1 saturated heterocycles. The molecule has 2 aromatic rings. The maximum Gasteiger partial charge on any atom is 0.253 e. The second-order valence-electron chi connectivity index (χ2n) is 9.12. The fourth-order valence-corrected chi connectivity index (χ4v) is 6.89. The van der Waals surface area contributed by atoms with E-state index in [-0.39, 0.29) is 42.6 Å². The second kappa shape index (κ2) is 10.0. The minimum absolute atomic E-state index is 0.0385. The Balaban J connectivity index is 1.60. The molecule has 0 N–H and O–H groups in total. The first-order valence-electron chi connectivity index (χ1n) is 11.3. The van der Waals surface area contributed by atoms with E-state index in [2.05, 4.69) is 0 Å². The molecule has 1 aliphatic carbocycles. The van der Waals surface area contributed by atoms with Gasteiger partial charge in [0.25, 0.3) is 5.91 Å². The van der Waals surface area contributed by atoms with E-state index in [9.17, 15) is 22.4 Å². The van der Waals surface area contributed by atoms with Gasteiger partial charge in [-0.1, -0.05) is 11.6 Å². The fraction of sp³-hybridized carbons (Fsp3) is 0.417. The molecule has 35 heavy (non-hydrogen) atoms. The van der Waals surface area contributed by atoms with Crippen LogP contribution in [0.3, 0.4) is 0 Å². The normalized spacial score (nSPS) is 19.0. The van der Waals surface area contributed by atoms with E-state index in [4.69, 9.17) is 11.6 Å². The van der Waals surface area contributed by atoms with Gasteiger partial charge in [0, 0.05) is 37.6 Å².